The first kappa shape index (κ1) is 8.05. The summed E-state index contributed by atoms with van der Waals surface area (Å²) >= 11 is 0. The van der Waals surface area contributed by atoms with Gasteiger partial charge in [-0.3, -0.25) is 0 Å². The van der Waals surface area contributed by atoms with E-state index in [1.165, 1.54) is 10.9 Å². The zero-order chi connectivity index (χ0) is 9.26. The summed E-state index contributed by atoms with van der Waals surface area (Å²) in [4.78, 5) is 13.5. The van der Waals surface area contributed by atoms with Gasteiger partial charge in [-0.1, -0.05) is 18.2 Å². The summed E-state index contributed by atoms with van der Waals surface area (Å²) in [6.45, 7) is 2.06. The molecule has 66 valence electrons. The molecule has 2 rings (SSSR count). The van der Waals surface area contributed by atoms with Gasteiger partial charge in [0, 0.05) is 17.6 Å². The van der Waals surface area contributed by atoms with Crippen molar-refractivity contribution in [2.75, 3.05) is 0 Å². The van der Waals surface area contributed by atoms with Crippen molar-refractivity contribution in [3.05, 3.63) is 35.5 Å². The Hall–Kier alpha value is -1.57. The number of carbonyl (C=O) groups is 1. The molecule has 0 aliphatic rings. The van der Waals surface area contributed by atoms with Gasteiger partial charge in [0.25, 0.3) is 0 Å². The van der Waals surface area contributed by atoms with E-state index in [0.29, 0.717) is 6.42 Å². The number of H-pyrrole nitrogens is 1. The van der Waals surface area contributed by atoms with Gasteiger partial charge in [0.15, 0.2) is 0 Å². The third-order valence-corrected chi connectivity index (χ3v) is 2.22. The maximum Gasteiger partial charge on any atom is 0.125 e. The van der Waals surface area contributed by atoms with E-state index >= 15 is 0 Å². The lowest BCUT2D eigenvalue weighted by molar-refractivity contribution is -0.107. The van der Waals surface area contributed by atoms with Gasteiger partial charge in [0.05, 0.1) is 0 Å². The molecule has 1 aromatic carbocycles. The highest BCUT2D eigenvalue weighted by Crippen LogP contribution is 2.18. The van der Waals surface area contributed by atoms with Crippen LogP contribution in [0.2, 0.25) is 0 Å². The second-order valence-electron chi connectivity index (χ2n) is 3.20. The standard InChI is InChI=1S/C11H11NO/c1-8-3-2-4-9-7-10(5-6-13)12-11(8)9/h2-4,6-7,12H,5H2,1H3. The van der Waals surface area contributed by atoms with Crippen molar-refractivity contribution >= 4 is 17.2 Å². The van der Waals surface area contributed by atoms with Crippen LogP contribution in [0.25, 0.3) is 10.9 Å². The van der Waals surface area contributed by atoms with Crippen molar-refractivity contribution in [1.82, 2.24) is 4.98 Å². The summed E-state index contributed by atoms with van der Waals surface area (Å²) < 4.78 is 0. The Bertz CT molecular complexity index is 442. The quantitative estimate of drug-likeness (QED) is 0.694. The minimum absolute atomic E-state index is 0.466. The fourth-order valence-corrected chi connectivity index (χ4v) is 1.57. The topological polar surface area (TPSA) is 32.9 Å². The highest BCUT2D eigenvalue weighted by atomic mass is 16.1. The fourth-order valence-electron chi connectivity index (χ4n) is 1.57. The number of aromatic nitrogens is 1. The maximum absolute atomic E-state index is 10.3. The first-order valence-corrected chi connectivity index (χ1v) is 4.32. The van der Waals surface area contributed by atoms with Gasteiger partial charge in [0.2, 0.25) is 0 Å². The lowest BCUT2D eigenvalue weighted by Gasteiger charge is -1.93. The fraction of sp³-hybridized carbons (Fsp3) is 0.182. The van der Waals surface area contributed by atoms with Crippen LogP contribution >= 0.6 is 0 Å². The van der Waals surface area contributed by atoms with E-state index in [-0.39, 0.29) is 0 Å². The molecule has 1 aromatic heterocycles. The molecule has 1 N–H and O–H groups in total. The number of aryl methyl sites for hydroxylation is 1. The molecule has 0 unspecified atom stereocenters. The minimum atomic E-state index is 0.466. The van der Waals surface area contributed by atoms with Crippen LogP contribution in [0.1, 0.15) is 11.3 Å². The minimum Gasteiger partial charge on any atom is -0.358 e. The summed E-state index contributed by atoms with van der Waals surface area (Å²) in [5, 5.41) is 1.18. The summed E-state index contributed by atoms with van der Waals surface area (Å²) in [7, 11) is 0. The van der Waals surface area contributed by atoms with E-state index in [1.54, 1.807) is 0 Å². The number of benzene rings is 1. The van der Waals surface area contributed by atoms with Crippen molar-refractivity contribution in [2.45, 2.75) is 13.3 Å². The Labute approximate surface area is 76.6 Å². The zero-order valence-electron chi connectivity index (χ0n) is 7.50. The van der Waals surface area contributed by atoms with Gasteiger partial charge in [-0.25, -0.2) is 0 Å². The molecule has 2 aromatic rings. The van der Waals surface area contributed by atoms with Gasteiger partial charge >= 0.3 is 0 Å². The van der Waals surface area contributed by atoms with E-state index < -0.39 is 0 Å². The third kappa shape index (κ3) is 1.35. The van der Waals surface area contributed by atoms with E-state index in [1.807, 2.05) is 18.2 Å². The first-order chi connectivity index (χ1) is 6.31. The molecule has 0 atom stereocenters. The van der Waals surface area contributed by atoms with Gasteiger partial charge in [0.1, 0.15) is 6.29 Å². The summed E-state index contributed by atoms with van der Waals surface area (Å²) in [6.07, 6.45) is 1.38. The van der Waals surface area contributed by atoms with E-state index in [2.05, 4.69) is 18.0 Å². The molecule has 0 radical (unpaired) electrons. The zero-order valence-corrected chi connectivity index (χ0v) is 7.50. The van der Waals surface area contributed by atoms with Gasteiger partial charge in [-0.15, -0.1) is 0 Å². The number of para-hydroxylation sites is 1. The Kier molecular flexibility index (Phi) is 1.89. The van der Waals surface area contributed by atoms with Crippen LogP contribution in [0.5, 0.6) is 0 Å². The van der Waals surface area contributed by atoms with E-state index in [9.17, 15) is 4.79 Å². The molecule has 0 aliphatic heterocycles. The summed E-state index contributed by atoms with van der Waals surface area (Å²) in [6, 6.07) is 8.16. The van der Waals surface area contributed by atoms with Crippen LogP contribution in [-0.2, 0) is 11.2 Å². The van der Waals surface area contributed by atoms with E-state index in [0.717, 1.165) is 17.5 Å². The SMILES string of the molecule is Cc1cccc2cc(CC=O)[nH]c12. The number of aldehydes is 1. The second kappa shape index (κ2) is 3.05. The first-order valence-electron chi connectivity index (χ1n) is 4.32. The van der Waals surface area contributed by atoms with Crippen LogP contribution in [-0.4, -0.2) is 11.3 Å². The number of carbonyl (C=O) groups excluding carboxylic acids is 1. The van der Waals surface area contributed by atoms with Crippen LogP contribution in [0.4, 0.5) is 0 Å². The molecule has 2 nitrogen and oxygen atoms in total. The van der Waals surface area contributed by atoms with Gasteiger partial charge in [-0.05, 0) is 23.9 Å². The molecule has 0 aliphatic carbocycles. The average molecular weight is 173 g/mol. The third-order valence-electron chi connectivity index (χ3n) is 2.22. The summed E-state index contributed by atoms with van der Waals surface area (Å²) in [5.74, 6) is 0. The van der Waals surface area contributed by atoms with Crippen molar-refractivity contribution < 1.29 is 4.79 Å². The van der Waals surface area contributed by atoms with Crippen LogP contribution in [0.15, 0.2) is 24.3 Å². The highest BCUT2D eigenvalue weighted by Gasteiger charge is 2.01. The van der Waals surface area contributed by atoms with Crippen LogP contribution in [0.3, 0.4) is 0 Å². The average Bonchev–Trinajstić information content (AvgIpc) is 2.49. The molecule has 0 fully saturated rings. The van der Waals surface area contributed by atoms with Crippen molar-refractivity contribution in [3.63, 3.8) is 0 Å². The Balaban J connectivity index is 2.61. The molecule has 0 bridgehead atoms. The molecule has 1 heterocycles. The molecule has 0 amide bonds. The molecule has 2 heteroatoms. The predicted molar refractivity (Wildman–Crippen MR) is 52.8 cm³/mol. The molecule has 0 saturated heterocycles. The monoisotopic (exact) mass is 173 g/mol. The van der Waals surface area contributed by atoms with Gasteiger partial charge < -0.3 is 9.78 Å². The summed E-state index contributed by atoms with van der Waals surface area (Å²) in [5.41, 5.74) is 3.34. The Morgan fingerprint density at radius 3 is 3.00 bits per heavy atom. The lowest BCUT2D eigenvalue weighted by atomic mass is 10.2. The van der Waals surface area contributed by atoms with Crippen LogP contribution < -0.4 is 0 Å². The second-order valence-corrected chi connectivity index (χ2v) is 3.20. The number of fused-ring (bicyclic) bond motifs is 1. The number of hydrogen-bond donors (Lipinski definition) is 1. The largest absolute Gasteiger partial charge is 0.358 e. The van der Waals surface area contributed by atoms with Gasteiger partial charge in [-0.2, -0.15) is 0 Å². The normalized spacial score (nSPS) is 10.5. The number of hydrogen-bond acceptors (Lipinski definition) is 1. The Morgan fingerprint density at radius 1 is 1.46 bits per heavy atom. The molecule has 0 spiro atoms. The Morgan fingerprint density at radius 2 is 2.31 bits per heavy atom. The molecular weight excluding hydrogens is 162 g/mol. The molecular formula is C11H11NO. The molecule has 0 saturated carbocycles. The molecule has 13 heavy (non-hydrogen) atoms. The lowest BCUT2D eigenvalue weighted by Crippen LogP contribution is -1.84. The predicted octanol–water partition coefficient (Wildman–Crippen LogP) is 2.22. The number of nitrogens with one attached hydrogen (secondary N) is 1. The highest BCUT2D eigenvalue weighted by molar-refractivity contribution is 5.83. The van der Waals surface area contributed by atoms with E-state index in [4.69, 9.17) is 0 Å². The maximum atomic E-state index is 10.3. The number of aromatic amines is 1. The van der Waals surface area contributed by atoms with Crippen molar-refractivity contribution in [1.29, 1.82) is 0 Å². The van der Waals surface area contributed by atoms with Crippen molar-refractivity contribution in [2.24, 2.45) is 0 Å². The van der Waals surface area contributed by atoms with Crippen LogP contribution in [0, 0.1) is 6.92 Å². The smallest absolute Gasteiger partial charge is 0.125 e. The number of rotatable bonds is 2. The van der Waals surface area contributed by atoms with Crippen molar-refractivity contribution in [3.8, 4) is 0 Å².